The summed E-state index contributed by atoms with van der Waals surface area (Å²) in [4.78, 5) is 13.7. The number of aryl methyl sites for hydroxylation is 1. The predicted octanol–water partition coefficient (Wildman–Crippen LogP) is 1.05. The minimum absolute atomic E-state index is 0.271. The molecular formula is C13H23N3O3. The first-order valence-corrected chi connectivity index (χ1v) is 6.32. The van der Waals surface area contributed by atoms with Crippen molar-refractivity contribution in [1.29, 1.82) is 0 Å². The highest BCUT2D eigenvalue weighted by Gasteiger charge is 2.17. The number of amides is 1. The summed E-state index contributed by atoms with van der Waals surface area (Å²) in [6.07, 6.45) is 0. The van der Waals surface area contributed by atoms with Gasteiger partial charge >= 0.3 is 5.91 Å². The molecule has 0 saturated carbocycles. The number of nitrogen functional groups attached to an aromatic ring is 1. The van der Waals surface area contributed by atoms with E-state index in [0.717, 1.165) is 17.9 Å². The molecule has 0 aromatic carbocycles. The Balaban J connectivity index is 2.77. The molecule has 0 fully saturated rings. The molecule has 1 amide bonds. The molecule has 0 saturated heterocycles. The second kappa shape index (κ2) is 7.28. The number of nitrogens with zero attached hydrogens (tertiary/aromatic N) is 1. The highest BCUT2D eigenvalue weighted by atomic mass is 16.5. The first-order chi connectivity index (χ1) is 8.99. The smallest absolute Gasteiger partial charge is 0.301 e. The lowest BCUT2D eigenvalue weighted by atomic mass is 10.2. The van der Waals surface area contributed by atoms with Crippen LogP contribution in [0.3, 0.4) is 0 Å². The number of carbonyl (C=O) groups is 1. The van der Waals surface area contributed by atoms with Crippen molar-refractivity contribution >= 4 is 5.91 Å². The Morgan fingerprint density at radius 2 is 2.26 bits per heavy atom. The number of carbonyl (C=O) groups excluding carboxylic acids is 1. The van der Waals surface area contributed by atoms with E-state index in [1.54, 1.807) is 7.11 Å². The Labute approximate surface area is 113 Å². The molecule has 1 heterocycles. The molecule has 1 rings (SSSR count). The van der Waals surface area contributed by atoms with Gasteiger partial charge in [0.2, 0.25) is 0 Å². The van der Waals surface area contributed by atoms with E-state index in [4.69, 9.17) is 15.0 Å². The number of hydrogen-bond donors (Lipinski definition) is 2. The molecule has 1 aromatic rings. The Bertz CT molecular complexity index is 415. The standard InChI is InChI=1S/C13H23N3O3/c1-9(2)16(5-6-18-4)8-11-7-10(3)12(19-11)13(17)15-14/h7,9H,5-6,8,14H2,1-4H3,(H,15,17). The fourth-order valence-corrected chi connectivity index (χ4v) is 1.85. The van der Waals surface area contributed by atoms with E-state index in [1.807, 2.05) is 13.0 Å². The van der Waals surface area contributed by atoms with Crippen LogP contribution in [-0.4, -0.2) is 37.1 Å². The topological polar surface area (TPSA) is 80.7 Å². The first kappa shape index (κ1) is 15.7. The number of nitrogens with two attached hydrogens (primary N) is 1. The van der Waals surface area contributed by atoms with E-state index in [-0.39, 0.29) is 5.76 Å². The van der Waals surface area contributed by atoms with Crippen LogP contribution in [0.5, 0.6) is 0 Å². The number of ether oxygens (including phenoxy) is 1. The van der Waals surface area contributed by atoms with Gasteiger partial charge in [-0.1, -0.05) is 0 Å². The zero-order valence-corrected chi connectivity index (χ0v) is 12.0. The van der Waals surface area contributed by atoms with Crippen molar-refractivity contribution in [2.75, 3.05) is 20.3 Å². The summed E-state index contributed by atoms with van der Waals surface area (Å²) in [6, 6.07) is 2.24. The quantitative estimate of drug-likeness (QED) is 0.439. The van der Waals surface area contributed by atoms with Crippen LogP contribution in [0, 0.1) is 6.92 Å². The fraction of sp³-hybridized carbons (Fsp3) is 0.615. The van der Waals surface area contributed by atoms with Crippen LogP contribution in [-0.2, 0) is 11.3 Å². The number of nitrogens with one attached hydrogen (secondary N) is 1. The lowest BCUT2D eigenvalue weighted by Gasteiger charge is -2.24. The van der Waals surface area contributed by atoms with Crippen LogP contribution < -0.4 is 11.3 Å². The predicted molar refractivity (Wildman–Crippen MR) is 72.5 cm³/mol. The summed E-state index contributed by atoms with van der Waals surface area (Å²) in [5.41, 5.74) is 2.87. The summed E-state index contributed by atoms with van der Waals surface area (Å²) >= 11 is 0. The maximum Gasteiger partial charge on any atom is 0.301 e. The molecule has 3 N–H and O–H groups in total. The van der Waals surface area contributed by atoms with Gasteiger partial charge < -0.3 is 9.15 Å². The van der Waals surface area contributed by atoms with Crippen molar-refractivity contribution in [3.05, 3.63) is 23.2 Å². The SMILES string of the molecule is COCCN(Cc1cc(C)c(C(=O)NN)o1)C(C)C. The minimum atomic E-state index is -0.406. The van der Waals surface area contributed by atoms with Gasteiger partial charge in [-0.3, -0.25) is 15.1 Å². The highest BCUT2D eigenvalue weighted by Crippen LogP contribution is 2.17. The number of methoxy groups -OCH3 is 1. The zero-order chi connectivity index (χ0) is 14.4. The van der Waals surface area contributed by atoms with Gasteiger partial charge in [-0.15, -0.1) is 0 Å². The number of furan rings is 1. The van der Waals surface area contributed by atoms with Gasteiger partial charge in [0.1, 0.15) is 5.76 Å². The van der Waals surface area contributed by atoms with Gasteiger partial charge in [0.15, 0.2) is 5.76 Å². The molecule has 1 aromatic heterocycles. The van der Waals surface area contributed by atoms with Crippen molar-refractivity contribution in [2.45, 2.75) is 33.4 Å². The molecule has 0 aliphatic heterocycles. The van der Waals surface area contributed by atoms with Crippen molar-refractivity contribution in [1.82, 2.24) is 10.3 Å². The summed E-state index contributed by atoms with van der Waals surface area (Å²) in [5.74, 6) is 5.73. The van der Waals surface area contributed by atoms with E-state index in [0.29, 0.717) is 19.2 Å². The van der Waals surface area contributed by atoms with Crippen LogP contribution in [0.1, 0.15) is 35.7 Å². The van der Waals surface area contributed by atoms with E-state index >= 15 is 0 Å². The Hall–Kier alpha value is -1.37. The summed E-state index contributed by atoms with van der Waals surface area (Å²) in [5, 5.41) is 0. The van der Waals surface area contributed by atoms with E-state index in [1.165, 1.54) is 0 Å². The normalized spacial score (nSPS) is 11.3. The molecule has 0 aliphatic carbocycles. The van der Waals surface area contributed by atoms with Crippen LogP contribution >= 0.6 is 0 Å². The van der Waals surface area contributed by atoms with Gasteiger partial charge in [0.05, 0.1) is 13.2 Å². The zero-order valence-electron chi connectivity index (χ0n) is 12.0. The van der Waals surface area contributed by atoms with Crippen LogP contribution in [0.2, 0.25) is 0 Å². The van der Waals surface area contributed by atoms with E-state index in [9.17, 15) is 4.79 Å². The molecule has 6 nitrogen and oxygen atoms in total. The average Bonchev–Trinajstić information content (AvgIpc) is 2.74. The van der Waals surface area contributed by atoms with E-state index in [2.05, 4.69) is 24.2 Å². The van der Waals surface area contributed by atoms with Gasteiger partial charge in [0, 0.05) is 25.3 Å². The Kier molecular flexibility index (Phi) is 6.01. The average molecular weight is 269 g/mol. The highest BCUT2D eigenvalue weighted by molar-refractivity contribution is 5.92. The van der Waals surface area contributed by atoms with Crippen molar-refractivity contribution < 1.29 is 13.9 Å². The molecule has 0 radical (unpaired) electrons. The number of rotatable bonds is 7. The van der Waals surface area contributed by atoms with Crippen LogP contribution in [0.25, 0.3) is 0 Å². The third-order valence-electron chi connectivity index (χ3n) is 2.98. The Morgan fingerprint density at radius 1 is 1.58 bits per heavy atom. The monoisotopic (exact) mass is 269 g/mol. The second-order valence-electron chi connectivity index (χ2n) is 4.76. The maximum atomic E-state index is 11.5. The van der Waals surface area contributed by atoms with Crippen molar-refractivity contribution in [2.24, 2.45) is 5.84 Å². The molecule has 0 bridgehead atoms. The summed E-state index contributed by atoms with van der Waals surface area (Å²) in [6.45, 7) is 8.16. The number of hydrogen-bond acceptors (Lipinski definition) is 5. The van der Waals surface area contributed by atoms with Gasteiger partial charge in [-0.2, -0.15) is 0 Å². The number of hydrazine groups is 1. The van der Waals surface area contributed by atoms with Crippen LogP contribution in [0.15, 0.2) is 10.5 Å². The van der Waals surface area contributed by atoms with Crippen molar-refractivity contribution in [3.8, 4) is 0 Å². The fourth-order valence-electron chi connectivity index (χ4n) is 1.85. The largest absolute Gasteiger partial charge is 0.454 e. The molecule has 108 valence electrons. The summed E-state index contributed by atoms with van der Waals surface area (Å²) < 4.78 is 10.6. The molecule has 0 unspecified atom stereocenters. The summed E-state index contributed by atoms with van der Waals surface area (Å²) in [7, 11) is 1.68. The molecular weight excluding hydrogens is 246 g/mol. The molecule has 0 atom stereocenters. The second-order valence-corrected chi connectivity index (χ2v) is 4.76. The lowest BCUT2D eigenvalue weighted by molar-refractivity contribution is 0.0915. The minimum Gasteiger partial charge on any atom is -0.454 e. The molecule has 19 heavy (non-hydrogen) atoms. The third kappa shape index (κ3) is 4.34. The Morgan fingerprint density at radius 3 is 2.79 bits per heavy atom. The maximum absolute atomic E-state index is 11.5. The van der Waals surface area contributed by atoms with Gasteiger partial charge in [0.25, 0.3) is 0 Å². The molecule has 0 spiro atoms. The lowest BCUT2D eigenvalue weighted by Crippen LogP contribution is -2.33. The van der Waals surface area contributed by atoms with Gasteiger partial charge in [-0.05, 0) is 26.8 Å². The molecule has 6 heteroatoms. The van der Waals surface area contributed by atoms with Crippen LogP contribution in [0.4, 0.5) is 0 Å². The molecule has 0 aliphatic rings. The van der Waals surface area contributed by atoms with E-state index < -0.39 is 5.91 Å². The third-order valence-corrected chi connectivity index (χ3v) is 2.98. The van der Waals surface area contributed by atoms with Gasteiger partial charge in [-0.25, -0.2) is 5.84 Å². The first-order valence-electron chi connectivity index (χ1n) is 6.32. The van der Waals surface area contributed by atoms with Crippen molar-refractivity contribution in [3.63, 3.8) is 0 Å².